The van der Waals surface area contributed by atoms with Crippen LogP contribution >= 0.6 is 0 Å². The summed E-state index contributed by atoms with van der Waals surface area (Å²) >= 11 is 0. The van der Waals surface area contributed by atoms with Crippen molar-refractivity contribution >= 4 is 71.8 Å². The predicted molar refractivity (Wildman–Crippen MR) is 221 cm³/mol. The number of pyridine rings is 2. The van der Waals surface area contributed by atoms with E-state index in [9.17, 15) is 0 Å². The summed E-state index contributed by atoms with van der Waals surface area (Å²) in [5.74, 6) is 1.18. The van der Waals surface area contributed by atoms with Crippen molar-refractivity contribution in [1.29, 1.82) is 0 Å². The lowest BCUT2D eigenvalue weighted by atomic mass is 9.95. The van der Waals surface area contributed by atoms with E-state index in [1.165, 1.54) is 0 Å². The van der Waals surface area contributed by atoms with Gasteiger partial charge in [-0.05, 0) is 131 Å². The maximum atomic E-state index is 6.09. The van der Waals surface area contributed by atoms with Crippen molar-refractivity contribution in [3.05, 3.63) is 176 Å². The van der Waals surface area contributed by atoms with E-state index in [1.54, 1.807) is 0 Å². The van der Waals surface area contributed by atoms with Gasteiger partial charge in [0.1, 0.15) is 11.0 Å². The molecule has 4 aromatic heterocycles. The molecular formula is C48H29N5O2. The van der Waals surface area contributed by atoms with Gasteiger partial charge in [0.05, 0.1) is 11.0 Å². The topological polar surface area (TPSA) is 81.1 Å². The van der Waals surface area contributed by atoms with Crippen molar-refractivity contribution in [2.45, 2.75) is 0 Å². The molecule has 7 aromatic carbocycles. The van der Waals surface area contributed by atoms with Gasteiger partial charge in [-0.2, -0.15) is 0 Å². The molecule has 0 bridgehead atoms. The molecule has 7 heteroatoms. The molecular weight excluding hydrogens is 679 g/mol. The van der Waals surface area contributed by atoms with E-state index in [-0.39, 0.29) is 0 Å². The molecule has 0 unspecified atom stereocenters. The lowest BCUT2D eigenvalue weighted by Gasteiger charge is -2.26. The number of benzene rings is 7. The second kappa shape index (κ2) is 12.5. The number of oxazole rings is 2. The second-order valence-corrected chi connectivity index (χ2v) is 13.5. The van der Waals surface area contributed by atoms with Gasteiger partial charge in [-0.25, -0.2) is 9.97 Å². The molecule has 0 spiro atoms. The average molecular weight is 708 g/mol. The number of rotatable bonds is 6. The Morgan fingerprint density at radius 2 is 0.945 bits per heavy atom. The Balaban J connectivity index is 0.999. The Labute approximate surface area is 314 Å². The van der Waals surface area contributed by atoms with Gasteiger partial charge in [-0.3, -0.25) is 9.97 Å². The highest BCUT2D eigenvalue weighted by Crippen LogP contribution is 2.40. The molecule has 0 atom stereocenters. The zero-order valence-corrected chi connectivity index (χ0v) is 29.3. The summed E-state index contributed by atoms with van der Waals surface area (Å²) in [6.45, 7) is 0. The average Bonchev–Trinajstić information content (AvgIpc) is 3.89. The van der Waals surface area contributed by atoms with Crippen LogP contribution in [0.1, 0.15) is 0 Å². The van der Waals surface area contributed by atoms with Crippen LogP contribution in [-0.2, 0) is 0 Å². The Morgan fingerprint density at radius 1 is 0.400 bits per heavy atom. The van der Waals surface area contributed by atoms with E-state index in [0.717, 1.165) is 94.1 Å². The zero-order valence-electron chi connectivity index (χ0n) is 29.3. The van der Waals surface area contributed by atoms with Crippen molar-refractivity contribution in [2.24, 2.45) is 0 Å². The minimum atomic E-state index is 0.592. The third-order valence-electron chi connectivity index (χ3n) is 10.2. The van der Waals surface area contributed by atoms with Crippen molar-refractivity contribution < 1.29 is 8.83 Å². The lowest BCUT2D eigenvalue weighted by molar-refractivity contribution is 0.619. The van der Waals surface area contributed by atoms with Crippen LogP contribution in [0.2, 0.25) is 0 Å². The Kier molecular flexibility index (Phi) is 7.03. The van der Waals surface area contributed by atoms with Crippen molar-refractivity contribution in [2.75, 3.05) is 4.90 Å². The van der Waals surface area contributed by atoms with E-state index >= 15 is 0 Å². The molecule has 11 rings (SSSR count). The first-order valence-electron chi connectivity index (χ1n) is 18.1. The summed E-state index contributed by atoms with van der Waals surface area (Å²) < 4.78 is 12.2. The van der Waals surface area contributed by atoms with Crippen molar-refractivity contribution in [3.8, 4) is 34.0 Å². The lowest BCUT2D eigenvalue weighted by Crippen LogP contribution is -2.09. The molecule has 0 amide bonds. The molecule has 4 heterocycles. The van der Waals surface area contributed by atoms with Crippen LogP contribution in [0.15, 0.2) is 185 Å². The summed E-state index contributed by atoms with van der Waals surface area (Å²) in [6, 6.07) is 56.0. The van der Waals surface area contributed by atoms with Crippen molar-refractivity contribution in [1.82, 2.24) is 19.9 Å². The monoisotopic (exact) mass is 707 g/mol. The third-order valence-corrected chi connectivity index (χ3v) is 10.2. The van der Waals surface area contributed by atoms with Gasteiger partial charge < -0.3 is 13.7 Å². The van der Waals surface area contributed by atoms with Crippen LogP contribution in [0, 0.1) is 0 Å². The summed E-state index contributed by atoms with van der Waals surface area (Å²) in [4.78, 5) is 21.1. The number of aromatic nitrogens is 4. The second-order valence-electron chi connectivity index (χ2n) is 13.5. The quantitative estimate of drug-likeness (QED) is 0.159. The molecule has 0 aliphatic carbocycles. The predicted octanol–water partition coefficient (Wildman–Crippen LogP) is 12.7. The summed E-state index contributed by atoms with van der Waals surface area (Å²) in [6.07, 6.45) is 3.66. The van der Waals surface area contributed by atoms with Crippen molar-refractivity contribution in [3.63, 3.8) is 0 Å². The molecule has 0 N–H and O–H groups in total. The molecule has 258 valence electrons. The molecule has 0 fully saturated rings. The number of hydrogen-bond donors (Lipinski definition) is 0. The van der Waals surface area contributed by atoms with Crippen LogP contribution < -0.4 is 4.90 Å². The van der Waals surface area contributed by atoms with Gasteiger partial charge in [0.25, 0.3) is 0 Å². The van der Waals surface area contributed by atoms with Gasteiger partial charge in [0, 0.05) is 51.4 Å². The zero-order chi connectivity index (χ0) is 36.3. The normalized spacial score (nSPS) is 11.6. The van der Waals surface area contributed by atoms with Crippen LogP contribution in [-0.4, -0.2) is 19.9 Å². The maximum absolute atomic E-state index is 6.09. The molecule has 0 aliphatic heterocycles. The summed E-state index contributed by atoms with van der Waals surface area (Å²) in [7, 11) is 0. The number of anilines is 3. The third kappa shape index (κ3) is 5.37. The maximum Gasteiger partial charge on any atom is 0.227 e. The molecule has 0 saturated carbocycles. The number of hydrogen-bond acceptors (Lipinski definition) is 7. The fourth-order valence-corrected chi connectivity index (χ4v) is 7.50. The Morgan fingerprint density at radius 3 is 1.60 bits per heavy atom. The Hall–Kier alpha value is -7.64. The summed E-state index contributed by atoms with van der Waals surface area (Å²) in [5.41, 5.74) is 12.1. The Bertz CT molecular complexity index is 3040. The summed E-state index contributed by atoms with van der Waals surface area (Å²) in [5, 5.41) is 4.42. The van der Waals surface area contributed by atoms with Gasteiger partial charge in [0.15, 0.2) is 11.2 Å². The highest BCUT2D eigenvalue weighted by atomic mass is 16.4. The minimum Gasteiger partial charge on any atom is -0.436 e. The minimum absolute atomic E-state index is 0.592. The molecule has 0 radical (unpaired) electrons. The highest BCUT2D eigenvalue weighted by molar-refractivity contribution is 6.10. The van der Waals surface area contributed by atoms with Gasteiger partial charge in [-0.15, -0.1) is 0 Å². The first kappa shape index (κ1) is 30.9. The van der Waals surface area contributed by atoms with E-state index < -0.39 is 0 Å². The molecule has 7 nitrogen and oxygen atoms in total. The van der Waals surface area contributed by atoms with Crippen LogP contribution in [0.25, 0.3) is 88.8 Å². The number of fused-ring (bicyclic) bond motifs is 6. The molecule has 0 aliphatic rings. The molecule has 11 aromatic rings. The largest absolute Gasteiger partial charge is 0.436 e. The molecule has 55 heavy (non-hydrogen) atoms. The SMILES string of the molecule is c1cnc2c(c1)cc(-c1ccc3cc(N(c4ccc(-c5nc6ccccc6o5)cc4)c4ccc(-c5nc6ccccc6o5)cc4)ccc3c1)c1cccnc12. The number of nitrogens with zero attached hydrogens (tertiary/aromatic N) is 5. The van der Waals surface area contributed by atoms with Crippen LogP contribution in [0.5, 0.6) is 0 Å². The first-order chi connectivity index (χ1) is 27.2. The van der Waals surface area contributed by atoms with E-state index in [2.05, 4.69) is 113 Å². The van der Waals surface area contributed by atoms with Gasteiger partial charge in [0.2, 0.25) is 11.8 Å². The highest BCUT2D eigenvalue weighted by Gasteiger charge is 2.17. The van der Waals surface area contributed by atoms with Gasteiger partial charge >= 0.3 is 0 Å². The standard InChI is InChI=1S/C48H29N5O2/c1-3-11-43-41(9-1)51-47(54-43)30-15-20-36(21-16-30)53(37-22-17-31(18-23-37)48-52-42-10-2-4-12-44(42)55-48)38-24-19-32-27-34(14-13-33(32)28-38)40-29-35-7-5-25-49-45(35)46-39(40)8-6-26-50-46/h1-29H. The fraction of sp³-hybridized carbons (Fsp3) is 0. The van der Waals surface area contributed by atoms with E-state index in [0.29, 0.717) is 11.8 Å². The van der Waals surface area contributed by atoms with Gasteiger partial charge in [-0.1, -0.05) is 54.6 Å². The van der Waals surface area contributed by atoms with E-state index in [1.807, 2.05) is 73.1 Å². The first-order valence-corrected chi connectivity index (χ1v) is 18.1. The smallest absolute Gasteiger partial charge is 0.227 e. The van der Waals surface area contributed by atoms with Crippen LogP contribution in [0.3, 0.4) is 0 Å². The number of para-hydroxylation sites is 4. The van der Waals surface area contributed by atoms with Crippen LogP contribution in [0.4, 0.5) is 17.1 Å². The van der Waals surface area contributed by atoms with E-state index in [4.69, 9.17) is 23.8 Å². The molecule has 0 saturated heterocycles. The fourth-order valence-electron chi connectivity index (χ4n) is 7.50.